The zero-order chi connectivity index (χ0) is 12.8. The van der Waals surface area contributed by atoms with Gasteiger partial charge in [0.25, 0.3) is 0 Å². The van der Waals surface area contributed by atoms with Crippen molar-refractivity contribution in [3.8, 4) is 0 Å². The Balaban J connectivity index is 1.99. The van der Waals surface area contributed by atoms with Crippen LogP contribution in [0.3, 0.4) is 0 Å². The predicted octanol–water partition coefficient (Wildman–Crippen LogP) is 2.87. The third kappa shape index (κ3) is 3.43. The molecule has 0 fully saturated rings. The van der Waals surface area contributed by atoms with Crippen LogP contribution in [0.1, 0.15) is 24.5 Å². The quantitative estimate of drug-likeness (QED) is 0.749. The van der Waals surface area contributed by atoms with Crippen LogP contribution in [0, 0.1) is 0 Å². The van der Waals surface area contributed by atoms with Crippen molar-refractivity contribution in [3.63, 3.8) is 0 Å². The van der Waals surface area contributed by atoms with Crippen LogP contribution in [-0.4, -0.2) is 26.0 Å². The van der Waals surface area contributed by atoms with Gasteiger partial charge in [-0.2, -0.15) is 4.80 Å². The highest BCUT2D eigenvalue weighted by Crippen LogP contribution is 2.12. The molecule has 0 aliphatic heterocycles. The standard InChI is InChI=1S/C13H16N4S/c1-3-9-18-13-14-16-17(15-13)10-12-7-5-11(4-2)6-8-12/h4-8H,2-3,9-10H2,1H3. The summed E-state index contributed by atoms with van der Waals surface area (Å²) in [4.78, 5) is 1.63. The van der Waals surface area contributed by atoms with E-state index in [1.54, 1.807) is 16.6 Å². The molecule has 0 N–H and O–H groups in total. The first kappa shape index (κ1) is 12.8. The first-order chi connectivity index (χ1) is 8.81. The van der Waals surface area contributed by atoms with Gasteiger partial charge < -0.3 is 0 Å². The van der Waals surface area contributed by atoms with E-state index < -0.39 is 0 Å². The molecule has 94 valence electrons. The molecule has 2 aromatic rings. The summed E-state index contributed by atoms with van der Waals surface area (Å²) >= 11 is 1.64. The molecule has 0 atom stereocenters. The SMILES string of the molecule is C=Cc1ccc(Cn2nnc(SCCC)n2)cc1. The molecule has 0 saturated carbocycles. The number of nitrogens with zero attached hydrogens (tertiary/aromatic N) is 4. The molecule has 1 aromatic carbocycles. The summed E-state index contributed by atoms with van der Waals surface area (Å²) < 4.78 is 0. The van der Waals surface area contributed by atoms with Crippen molar-refractivity contribution in [2.75, 3.05) is 5.75 Å². The van der Waals surface area contributed by atoms with E-state index in [1.807, 2.05) is 18.2 Å². The van der Waals surface area contributed by atoms with Gasteiger partial charge >= 0.3 is 0 Å². The van der Waals surface area contributed by atoms with E-state index in [-0.39, 0.29) is 0 Å². The molecule has 0 bridgehead atoms. The van der Waals surface area contributed by atoms with Crippen molar-refractivity contribution in [2.45, 2.75) is 25.0 Å². The van der Waals surface area contributed by atoms with E-state index in [2.05, 4.69) is 41.0 Å². The van der Waals surface area contributed by atoms with Gasteiger partial charge in [0.2, 0.25) is 5.16 Å². The van der Waals surface area contributed by atoms with Gasteiger partial charge in [-0.05, 0) is 22.8 Å². The second kappa shape index (κ2) is 6.35. The minimum Gasteiger partial charge on any atom is -0.159 e. The summed E-state index contributed by atoms with van der Waals surface area (Å²) in [5.41, 5.74) is 2.27. The lowest BCUT2D eigenvalue weighted by atomic mass is 10.1. The zero-order valence-corrected chi connectivity index (χ0v) is 11.2. The van der Waals surface area contributed by atoms with Gasteiger partial charge in [-0.25, -0.2) is 0 Å². The second-order valence-corrected chi connectivity index (χ2v) is 4.96. The molecule has 18 heavy (non-hydrogen) atoms. The van der Waals surface area contributed by atoms with Gasteiger partial charge in [0.1, 0.15) is 0 Å². The summed E-state index contributed by atoms with van der Waals surface area (Å²) in [6.45, 7) is 6.52. The van der Waals surface area contributed by atoms with Gasteiger partial charge in [0.15, 0.2) is 0 Å². The lowest BCUT2D eigenvalue weighted by Crippen LogP contribution is -2.03. The maximum absolute atomic E-state index is 4.32. The lowest BCUT2D eigenvalue weighted by Gasteiger charge is -2.00. The van der Waals surface area contributed by atoms with E-state index in [1.165, 1.54) is 0 Å². The van der Waals surface area contributed by atoms with Crippen molar-refractivity contribution in [1.29, 1.82) is 0 Å². The van der Waals surface area contributed by atoms with Crippen molar-refractivity contribution >= 4 is 17.8 Å². The van der Waals surface area contributed by atoms with E-state index in [9.17, 15) is 0 Å². The van der Waals surface area contributed by atoms with Crippen LogP contribution in [0.4, 0.5) is 0 Å². The maximum atomic E-state index is 4.32. The molecule has 0 saturated heterocycles. The predicted molar refractivity (Wildman–Crippen MR) is 74.5 cm³/mol. The van der Waals surface area contributed by atoms with E-state index in [0.717, 1.165) is 28.5 Å². The smallest absolute Gasteiger partial charge is 0.159 e. The number of thioether (sulfide) groups is 1. The first-order valence-corrected chi connectivity index (χ1v) is 6.92. The highest BCUT2D eigenvalue weighted by Gasteiger charge is 2.03. The molecule has 0 aliphatic rings. The van der Waals surface area contributed by atoms with Crippen LogP contribution >= 0.6 is 11.8 Å². The first-order valence-electron chi connectivity index (χ1n) is 5.94. The van der Waals surface area contributed by atoms with Crippen molar-refractivity contribution in [3.05, 3.63) is 42.0 Å². The fourth-order valence-corrected chi connectivity index (χ4v) is 2.10. The molecule has 1 heterocycles. The number of rotatable bonds is 6. The van der Waals surface area contributed by atoms with Crippen LogP contribution in [0.25, 0.3) is 6.08 Å². The number of hydrogen-bond donors (Lipinski definition) is 0. The molecule has 4 nitrogen and oxygen atoms in total. The van der Waals surface area contributed by atoms with Crippen LogP contribution in [0.2, 0.25) is 0 Å². The highest BCUT2D eigenvalue weighted by molar-refractivity contribution is 7.99. The molecule has 0 aliphatic carbocycles. The van der Waals surface area contributed by atoms with Crippen molar-refractivity contribution in [2.24, 2.45) is 0 Å². The van der Waals surface area contributed by atoms with Gasteiger partial charge in [-0.3, -0.25) is 0 Å². The van der Waals surface area contributed by atoms with Crippen LogP contribution in [-0.2, 0) is 6.54 Å². The molecule has 5 heteroatoms. The van der Waals surface area contributed by atoms with Gasteiger partial charge in [0, 0.05) is 5.75 Å². The minimum absolute atomic E-state index is 0.650. The topological polar surface area (TPSA) is 43.6 Å². The third-order valence-corrected chi connectivity index (χ3v) is 3.44. The Bertz CT molecular complexity index is 504. The Morgan fingerprint density at radius 1 is 1.33 bits per heavy atom. The molecule has 0 spiro atoms. The number of aromatic nitrogens is 4. The Morgan fingerprint density at radius 2 is 2.11 bits per heavy atom. The second-order valence-electron chi connectivity index (χ2n) is 3.90. The van der Waals surface area contributed by atoms with Crippen molar-refractivity contribution < 1.29 is 0 Å². The molecular weight excluding hydrogens is 244 g/mol. The van der Waals surface area contributed by atoms with E-state index in [0.29, 0.717) is 6.54 Å². The third-order valence-electron chi connectivity index (χ3n) is 2.41. The van der Waals surface area contributed by atoms with Crippen LogP contribution < -0.4 is 0 Å². The minimum atomic E-state index is 0.650. The molecule has 1 aromatic heterocycles. The highest BCUT2D eigenvalue weighted by atomic mass is 32.2. The Kier molecular flexibility index (Phi) is 4.52. The fourth-order valence-electron chi connectivity index (χ4n) is 1.47. The molecule has 0 amide bonds. The Morgan fingerprint density at radius 3 is 2.78 bits per heavy atom. The molecule has 0 unspecified atom stereocenters. The summed E-state index contributed by atoms with van der Waals surface area (Å²) in [6, 6.07) is 8.18. The number of hydrogen-bond acceptors (Lipinski definition) is 4. The summed E-state index contributed by atoms with van der Waals surface area (Å²) in [5, 5.41) is 13.1. The van der Waals surface area contributed by atoms with Crippen LogP contribution in [0.5, 0.6) is 0 Å². The number of tetrazole rings is 1. The van der Waals surface area contributed by atoms with Gasteiger partial charge in [-0.15, -0.1) is 10.2 Å². The van der Waals surface area contributed by atoms with Crippen molar-refractivity contribution in [1.82, 2.24) is 20.2 Å². The monoisotopic (exact) mass is 260 g/mol. The summed E-state index contributed by atoms with van der Waals surface area (Å²) in [5.74, 6) is 1.03. The fraction of sp³-hybridized carbons (Fsp3) is 0.308. The normalized spacial score (nSPS) is 10.5. The lowest BCUT2D eigenvalue weighted by molar-refractivity contribution is 0.569. The van der Waals surface area contributed by atoms with E-state index >= 15 is 0 Å². The molecule has 0 radical (unpaired) electrons. The maximum Gasteiger partial charge on any atom is 0.231 e. The molecular formula is C13H16N4S. The number of benzene rings is 1. The average molecular weight is 260 g/mol. The average Bonchev–Trinajstić information content (AvgIpc) is 2.85. The van der Waals surface area contributed by atoms with Gasteiger partial charge in [0.05, 0.1) is 6.54 Å². The zero-order valence-electron chi connectivity index (χ0n) is 10.4. The Hall–Kier alpha value is -1.62. The van der Waals surface area contributed by atoms with E-state index in [4.69, 9.17) is 0 Å². The Labute approximate surface area is 111 Å². The largest absolute Gasteiger partial charge is 0.231 e. The molecule has 2 rings (SSSR count). The summed E-state index contributed by atoms with van der Waals surface area (Å²) in [6.07, 6.45) is 2.94. The van der Waals surface area contributed by atoms with Crippen LogP contribution in [0.15, 0.2) is 36.0 Å². The summed E-state index contributed by atoms with van der Waals surface area (Å²) in [7, 11) is 0. The van der Waals surface area contributed by atoms with Gasteiger partial charge in [-0.1, -0.05) is 55.6 Å².